The third-order valence-corrected chi connectivity index (χ3v) is 2.21. The zero-order chi connectivity index (χ0) is 14.1. The summed E-state index contributed by atoms with van der Waals surface area (Å²) in [7, 11) is 0. The number of hydrogen-bond donors (Lipinski definition) is 1. The minimum absolute atomic E-state index is 0.432. The Hall–Kier alpha value is -1.83. The van der Waals surface area contributed by atoms with E-state index in [0.29, 0.717) is 12.1 Å². The monoisotopic (exact) mass is 282 g/mol. The molecule has 0 fully saturated rings. The van der Waals surface area contributed by atoms with Crippen molar-refractivity contribution in [2.45, 2.75) is 13.1 Å². The molecule has 5 nitrogen and oxygen atoms in total. The Morgan fingerprint density at radius 1 is 1.44 bits per heavy atom. The molecule has 0 saturated carbocycles. The lowest BCUT2D eigenvalue weighted by Crippen LogP contribution is -2.12. The minimum atomic E-state index is -4.76. The Morgan fingerprint density at radius 2 is 2.00 bits per heavy atom. The Morgan fingerprint density at radius 3 is 2.39 bits per heavy atom. The first-order valence-corrected chi connectivity index (χ1v) is 4.83. The average molecular weight is 283 g/mol. The molecule has 18 heavy (non-hydrogen) atoms. The van der Waals surface area contributed by atoms with E-state index < -0.39 is 39.0 Å². The molecular weight excluding hydrogens is 277 g/mol. The van der Waals surface area contributed by atoms with Gasteiger partial charge in [0.05, 0.1) is 15.5 Å². The number of carbonyl (C=O) groups excluding carboxylic acids is 1. The van der Waals surface area contributed by atoms with Gasteiger partial charge in [-0.25, -0.2) is 0 Å². The van der Waals surface area contributed by atoms with E-state index in [1.807, 2.05) is 5.32 Å². The van der Waals surface area contributed by atoms with Crippen LogP contribution in [-0.2, 0) is 11.0 Å². The normalized spacial score (nSPS) is 11.2. The van der Waals surface area contributed by atoms with Gasteiger partial charge in [-0.15, -0.1) is 0 Å². The van der Waals surface area contributed by atoms with Gasteiger partial charge in [0, 0.05) is 13.0 Å². The number of nitrogens with one attached hydrogen (secondary N) is 1. The van der Waals surface area contributed by atoms with E-state index in [1.165, 1.54) is 0 Å². The summed E-state index contributed by atoms with van der Waals surface area (Å²) < 4.78 is 37.6. The van der Waals surface area contributed by atoms with Crippen LogP contribution in [0.25, 0.3) is 0 Å². The number of nitrogens with zero attached hydrogens (tertiary/aromatic N) is 1. The van der Waals surface area contributed by atoms with Gasteiger partial charge in [0.25, 0.3) is 5.69 Å². The molecule has 0 aromatic heterocycles. The molecule has 1 amide bonds. The zero-order valence-corrected chi connectivity index (χ0v) is 9.59. The number of carbonyl (C=O) groups is 1. The molecule has 0 atom stereocenters. The highest BCUT2D eigenvalue weighted by atomic mass is 35.5. The molecule has 0 unspecified atom stereocenters. The molecule has 0 bridgehead atoms. The summed E-state index contributed by atoms with van der Waals surface area (Å²) in [6.07, 6.45) is -4.76. The third kappa shape index (κ3) is 3.10. The van der Waals surface area contributed by atoms with Crippen LogP contribution in [0.3, 0.4) is 0 Å². The largest absolute Gasteiger partial charge is 0.417 e. The van der Waals surface area contributed by atoms with E-state index >= 15 is 0 Å². The highest BCUT2D eigenvalue weighted by molar-refractivity contribution is 6.31. The molecule has 0 aliphatic carbocycles. The van der Waals surface area contributed by atoms with E-state index in [1.54, 1.807) is 0 Å². The van der Waals surface area contributed by atoms with Crippen LogP contribution in [0.1, 0.15) is 12.5 Å². The number of alkyl halides is 3. The molecule has 0 radical (unpaired) electrons. The van der Waals surface area contributed by atoms with Crippen molar-refractivity contribution in [2.75, 3.05) is 5.32 Å². The maximum Gasteiger partial charge on any atom is 0.417 e. The summed E-state index contributed by atoms with van der Waals surface area (Å²) in [4.78, 5) is 20.5. The maximum atomic E-state index is 12.5. The van der Waals surface area contributed by atoms with Crippen LogP contribution in [0.4, 0.5) is 24.5 Å². The first kappa shape index (κ1) is 14.2. The van der Waals surface area contributed by atoms with Gasteiger partial charge < -0.3 is 5.32 Å². The van der Waals surface area contributed by atoms with Crippen LogP contribution in [0.15, 0.2) is 12.1 Å². The van der Waals surface area contributed by atoms with Gasteiger partial charge in [0.15, 0.2) is 0 Å². The quantitative estimate of drug-likeness (QED) is 0.668. The fourth-order valence-corrected chi connectivity index (χ4v) is 1.49. The van der Waals surface area contributed by atoms with Crippen LogP contribution in [0.5, 0.6) is 0 Å². The van der Waals surface area contributed by atoms with Gasteiger partial charge in [-0.05, 0) is 6.07 Å². The molecule has 1 aromatic rings. The number of amides is 1. The van der Waals surface area contributed by atoms with Crippen molar-refractivity contribution >= 4 is 28.9 Å². The number of anilines is 1. The average Bonchev–Trinajstić information content (AvgIpc) is 2.17. The molecule has 0 saturated heterocycles. The Kier molecular flexibility index (Phi) is 3.80. The van der Waals surface area contributed by atoms with E-state index in [0.717, 1.165) is 6.92 Å². The molecule has 1 rings (SSSR count). The predicted molar refractivity (Wildman–Crippen MR) is 57.4 cm³/mol. The summed E-state index contributed by atoms with van der Waals surface area (Å²) in [5, 5.41) is 11.8. The molecule has 9 heteroatoms. The topological polar surface area (TPSA) is 72.2 Å². The van der Waals surface area contributed by atoms with Crippen molar-refractivity contribution in [3.63, 3.8) is 0 Å². The van der Waals surface area contributed by atoms with Gasteiger partial charge >= 0.3 is 6.18 Å². The van der Waals surface area contributed by atoms with E-state index in [2.05, 4.69) is 0 Å². The molecule has 98 valence electrons. The first-order valence-electron chi connectivity index (χ1n) is 4.45. The SMILES string of the molecule is CC(=O)Nc1cc(C(F)(F)F)c(Cl)cc1[N+](=O)[O-]. The summed E-state index contributed by atoms with van der Waals surface area (Å²) >= 11 is 5.33. The number of benzene rings is 1. The number of rotatable bonds is 2. The van der Waals surface area contributed by atoms with Crippen molar-refractivity contribution in [3.8, 4) is 0 Å². The standard InChI is InChI=1S/C9H6ClF3N2O3/c1-4(16)14-7-2-5(9(11,12)13)6(10)3-8(7)15(17)18/h2-3H,1H3,(H,14,16). The highest BCUT2D eigenvalue weighted by Crippen LogP contribution is 2.40. The Labute approximate surface area is 104 Å². The van der Waals surface area contributed by atoms with Gasteiger partial charge in [0.2, 0.25) is 5.91 Å². The lowest BCUT2D eigenvalue weighted by Gasteiger charge is -2.11. The van der Waals surface area contributed by atoms with Gasteiger partial charge in [-0.3, -0.25) is 14.9 Å². The second kappa shape index (κ2) is 4.81. The van der Waals surface area contributed by atoms with Crippen molar-refractivity contribution < 1.29 is 22.9 Å². The summed E-state index contributed by atoms with van der Waals surface area (Å²) in [5.41, 5.74) is -2.51. The molecule has 0 heterocycles. The lowest BCUT2D eigenvalue weighted by atomic mass is 10.1. The van der Waals surface area contributed by atoms with Crippen LogP contribution < -0.4 is 5.32 Å². The Balaban J connectivity index is 3.45. The summed E-state index contributed by atoms with van der Waals surface area (Å²) in [5.74, 6) is -0.728. The van der Waals surface area contributed by atoms with Gasteiger partial charge in [0.1, 0.15) is 5.69 Å². The zero-order valence-electron chi connectivity index (χ0n) is 8.84. The van der Waals surface area contributed by atoms with Crippen molar-refractivity contribution in [1.82, 2.24) is 0 Å². The maximum absolute atomic E-state index is 12.5. The van der Waals surface area contributed by atoms with Crippen molar-refractivity contribution in [3.05, 3.63) is 32.8 Å². The van der Waals surface area contributed by atoms with Crippen LogP contribution in [0.2, 0.25) is 5.02 Å². The lowest BCUT2D eigenvalue weighted by molar-refractivity contribution is -0.384. The molecular formula is C9H6ClF3N2O3. The van der Waals surface area contributed by atoms with Crippen molar-refractivity contribution in [2.24, 2.45) is 0 Å². The molecule has 1 aromatic carbocycles. The van der Waals surface area contributed by atoms with Crippen molar-refractivity contribution in [1.29, 1.82) is 0 Å². The van der Waals surface area contributed by atoms with E-state index in [9.17, 15) is 28.1 Å². The number of hydrogen-bond acceptors (Lipinski definition) is 3. The molecule has 0 aliphatic rings. The summed E-state index contributed by atoms with van der Waals surface area (Å²) in [6.45, 7) is 1.02. The number of nitro benzene ring substituents is 1. The fraction of sp³-hybridized carbons (Fsp3) is 0.222. The minimum Gasteiger partial charge on any atom is -0.321 e. The number of halogens is 4. The van der Waals surface area contributed by atoms with E-state index in [4.69, 9.17) is 11.6 Å². The second-order valence-electron chi connectivity index (χ2n) is 3.29. The first-order chi connectivity index (χ1) is 8.12. The number of nitro groups is 1. The highest BCUT2D eigenvalue weighted by Gasteiger charge is 2.35. The predicted octanol–water partition coefficient (Wildman–Crippen LogP) is 3.23. The van der Waals surface area contributed by atoms with Gasteiger partial charge in [-0.2, -0.15) is 13.2 Å². The third-order valence-electron chi connectivity index (χ3n) is 1.90. The van der Waals surface area contributed by atoms with Crippen LogP contribution in [0, 0.1) is 10.1 Å². The Bertz CT molecular complexity index is 517. The second-order valence-corrected chi connectivity index (χ2v) is 3.69. The molecule has 1 N–H and O–H groups in total. The fourth-order valence-electron chi connectivity index (χ4n) is 1.22. The van der Waals surface area contributed by atoms with Crippen LogP contribution >= 0.6 is 11.6 Å². The smallest absolute Gasteiger partial charge is 0.321 e. The van der Waals surface area contributed by atoms with Gasteiger partial charge in [-0.1, -0.05) is 11.6 Å². The van der Waals surface area contributed by atoms with E-state index in [-0.39, 0.29) is 0 Å². The molecule has 0 spiro atoms. The molecule has 0 aliphatic heterocycles. The summed E-state index contributed by atoms with van der Waals surface area (Å²) in [6, 6.07) is 0.984. The van der Waals surface area contributed by atoms with Crippen LogP contribution in [-0.4, -0.2) is 10.8 Å².